The standard InChI is InChI=1S/C74H60N2O2/c1-43(2)45-23-29-51(30-24-45)75(65-21-13-17-57-55-15-9-11-19-63(55)73(5,6)69(57)65)53-33-27-47-39-61-59-35-36-60-62-40-48-28-34-54(38-50(48)42-68(62)78-72(60)71(59)77-67(61)41-49(47)37-53)76(52-31-25-46(26-32-52)44(3)4)66-22-14-18-58-56-16-10-12-20-64(56)74(7,8)70(58)66/h9-44H,1-8H3. The van der Waals surface area contributed by atoms with Gasteiger partial charge in [0.05, 0.1) is 11.4 Å². The molecule has 11 aromatic carbocycles. The molecule has 0 saturated heterocycles. The molecule has 0 unspecified atom stereocenters. The van der Waals surface area contributed by atoms with Crippen LogP contribution in [-0.4, -0.2) is 0 Å². The van der Waals surface area contributed by atoms with Gasteiger partial charge in [0.1, 0.15) is 11.2 Å². The number of fused-ring (bicyclic) bond motifs is 15. The van der Waals surface area contributed by atoms with Crippen LogP contribution >= 0.6 is 0 Å². The summed E-state index contributed by atoms with van der Waals surface area (Å²) in [7, 11) is 0. The maximum atomic E-state index is 6.96. The number of benzene rings is 11. The van der Waals surface area contributed by atoms with Crippen molar-refractivity contribution in [2.75, 3.05) is 9.80 Å². The quantitative estimate of drug-likeness (QED) is 0.152. The molecule has 2 aromatic heterocycles. The third-order valence-corrected chi connectivity index (χ3v) is 17.7. The average molecular weight is 1010 g/mol. The van der Waals surface area contributed by atoms with Crippen molar-refractivity contribution >= 4 is 99.5 Å². The molecule has 4 nitrogen and oxygen atoms in total. The lowest BCUT2D eigenvalue weighted by Gasteiger charge is -2.32. The van der Waals surface area contributed by atoms with Crippen LogP contribution in [0.5, 0.6) is 0 Å². The molecule has 2 aliphatic carbocycles. The van der Waals surface area contributed by atoms with Crippen molar-refractivity contribution in [3.8, 4) is 22.3 Å². The second-order valence-electron chi connectivity index (χ2n) is 23.7. The lowest BCUT2D eigenvalue weighted by Crippen LogP contribution is -2.20. The van der Waals surface area contributed by atoms with Crippen molar-refractivity contribution in [1.29, 1.82) is 0 Å². The second kappa shape index (κ2) is 16.8. The van der Waals surface area contributed by atoms with Gasteiger partial charge in [-0.05, 0) is 186 Å². The number of anilines is 6. The van der Waals surface area contributed by atoms with Crippen LogP contribution in [0.3, 0.4) is 0 Å². The van der Waals surface area contributed by atoms with Crippen LogP contribution in [-0.2, 0) is 10.8 Å². The van der Waals surface area contributed by atoms with Crippen molar-refractivity contribution < 1.29 is 8.83 Å². The van der Waals surface area contributed by atoms with E-state index in [1.54, 1.807) is 0 Å². The van der Waals surface area contributed by atoms with Crippen molar-refractivity contribution in [2.24, 2.45) is 0 Å². The van der Waals surface area contributed by atoms with Crippen molar-refractivity contribution in [3.63, 3.8) is 0 Å². The molecule has 378 valence electrons. The van der Waals surface area contributed by atoms with Crippen LogP contribution in [0.15, 0.2) is 215 Å². The maximum Gasteiger partial charge on any atom is 0.178 e. The van der Waals surface area contributed by atoms with E-state index in [1.807, 2.05) is 0 Å². The Kier molecular flexibility index (Phi) is 10.0. The summed E-state index contributed by atoms with van der Waals surface area (Å²) in [5.74, 6) is 0.874. The smallest absolute Gasteiger partial charge is 0.178 e. The first-order valence-electron chi connectivity index (χ1n) is 27.8. The summed E-state index contributed by atoms with van der Waals surface area (Å²) in [4.78, 5) is 4.91. The van der Waals surface area contributed by atoms with Crippen LogP contribution in [0.1, 0.15) is 101 Å². The molecule has 15 rings (SSSR count). The largest absolute Gasteiger partial charge is 0.452 e. The molecule has 0 N–H and O–H groups in total. The van der Waals surface area contributed by atoms with Gasteiger partial charge in [0.25, 0.3) is 0 Å². The highest BCUT2D eigenvalue weighted by Gasteiger charge is 2.40. The van der Waals surface area contributed by atoms with E-state index < -0.39 is 0 Å². The summed E-state index contributed by atoms with van der Waals surface area (Å²) >= 11 is 0. The number of rotatable bonds is 8. The molecule has 4 heteroatoms. The highest BCUT2D eigenvalue weighted by molar-refractivity contribution is 6.21. The highest BCUT2D eigenvalue weighted by atomic mass is 16.4. The normalized spacial score (nSPS) is 14.1. The molecule has 0 aliphatic heterocycles. The van der Waals surface area contributed by atoms with Crippen LogP contribution in [0, 0.1) is 0 Å². The number of nitrogens with zero attached hydrogens (tertiary/aromatic N) is 2. The van der Waals surface area contributed by atoms with E-state index in [9.17, 15) is 0 Å². The molecule has 0 radical (unpaired) electrons. The van der Waals surface area contributed by atoms with Gasteiger partial charge in [-0.3, -0.25) is 0 Å². The zero-order valence-electron chi connectivity index (χ0n) is 45.5. The van der Waals surface area contributed by atoms with Crippen LogP contribution < -0.4 is 9.80 Å². The molecule has 0 amide bonds. The second-order valence-corrected chi connectivity index (χ2v) is 23.7. The van der Waals surface area contributed by atoms with Crippen LogP contribution in [0.25, 0.3) is 87.7 Å². The molecule has 0 bridgehead atoms. The monoisotopic (exact) mass is 1010 g/mol. The fraction of sp³-hybridized carbons (Fsp3) is 0.162. The van der Waals surface area contributed by atoms with Gasteiger partial charge in [-0.15, -0.1) is 0 Å². The molecule has 0 fully saturated rings. The summed E-state index contributed by atoms with van der Waals surface area (Å²) < 4.78 is 13.9. The first kappa shape index (κ1) is 46.4. The molecule has 78 heavy (non-hydrogen) atoms. The average Bonchev–Trinajstić information content (AvgIpc) is 4.26. The summed E-state index contributed by atoms with van der Waals surface area (Å²) in [5.41, 5.74) is 22.9. The SMILES string of the molecule is CC(C)c1ccc(N(c2ccc3cc4c(cc3c2)oc2c4ccc3c4cc5ccc(N(c6ccc(C(C)C)cc6)c6cccc7c6C(C)(C)c6ccccc6-7)cc5cc4oc32)c2cccc3c2C(C)(C)c2ccccc2-3)cc1. The van der Waals surface area contributed by atoms with E-state index in [0.29, 0.717) is 11.8 Å². The van der Waals surface area contributed by atoms with E-state index in [-0.39, 0.29) is 10.8 Å². The Balaban J connectivity index is 0.848. The third-order valence-electron chi connectivity index (χ3n) is 17.7. The Hall–Kier alpha value is -8.86. The first-order chi connectivity index (χ1) is 37.8. The van der Waals surface area contributed by atoms with Gasteiger partial charge in [0.2, 0.25) is 0 Å². The molecule has 0 saturated carbocycles. The Morgan fingerprint density at radius 2 is 0.718 bits per heavy atom. The maximum absolute atomic E-state index is 6.96. The Morgan fingerprint density at radius 1 is 0.333 bits per heavy atom. The van der Waals surface area contributed by atoms with Gasteiger partial charge in [0, 0.05) is 55.1 Å². The molecule has 2 heterocycles. The van der Waals surface area contributed by atoms with Crippen LogP contribution in [0.4, 0.5) is 34.1 Å². The molecule has 0 spiro atoms. The predicted molar refractivity (Wildman–Crippen MR) is 329 cm³/mol. The van der Waals surface area contributed by atoms with E-state index in [4.69, 9.17) is 8.83 Å². The minimum atomic E-state index is -0.191. The molecular formula is C74H60N2O2. The van der Waals surface area contributed by atoms with Gasteiger partial charge in [-0.2, -0.15) is 0 Å². The Bertz CT molecular complexity index is 4330. The summed E-state index contributed by atoms with van der Waals surface area (Å²) in [6.07, 6.45) is 0. The van der Waals surface area contributed by atoms with E-state index in [0.717, 1.165) is 88.2 Å². The molecular weight excluding hydrogens is 949 g/mol. The molecule has 0 atom stereocenters. The predicted octanol–water partition coefficient (Wildman–Crippen LogP) is 21.6. The Labute approximate surface area is 455 Å². The summed E-state index contributed by atoms with van der Waals surface area (Å²) in [5, 5.41) is 8.76. The summed E-state index contributed by atoms with van der Waals surface area (Å²) in [6, 6.07) is 76.9. The minimum absolute atomic E-state index is 0.191. The molecule has 2 aliphatic rings. The van der Waals surface area contributed by atoms with E-state index in [1.165, 1.54) is 67.0 Å². The minimum Gasteiger partial charge on any atom is -0.452 e. The topological polar surface area (TPSA) is 32.8 Å². The Morgan fingerprint density at radius 3 is 1.13 bits per heavy atom. The zero-order valence-corrected chi connectivity index (χ0v) is 45.5. The fourth-order valence-corrected chi connectivity index (χ4v) is 13.7. The first-order valence-corrected chi connectivity index (χ1v) is 27.8. The zero-order chi connectivity index (χ0) is 52.9. The van der Waals surface area contributed by atoms with Crippen molar-refractivity contribution in [2.45, 2.75) is 78.1 Å². The van der Waals surface area contributed by atoms with Gasteiger partial charge in [-0.25, -0.2) is 0 Å². The van der Waals surface area contributed by atoms with E-state index in [2.05, 4.69) is 271 Å². The number of hydrogen-bond acceptors (Lipinski definition) is 4. The van der Waals surface area contributed by atoms with Gasteiger partial charge in [-0.1, -0.05) is 165 Å². The summed E-state index contributed by atoms with van der Waals surface area (Å²) in [6.45, 7) is 18.5. The van der Waals surface area contributed by atoms with Gasteiger partial charge >= 0.3 is 0 Å². The lowest BCUT2D eigenvalue weighted by molar-refractivity contribution is 0.634. The van der Waals surface area contributed by atoms with Gasteiger partial charge in [0.15, 0.2) is 11.2 Å². The molecule has 13 aromatic rings. The van der Waals surface area contributed by atoms with Crippen LogP contribution in [0.2, 0.25) is 0 Å². The third kappa shape index (κ3) is 6.78. The van der Waals surface area contributed by atoms with Gasteiger partial charge < -0.3 is 18.6 Å². The number of furan rings is 2. The highest BCUT2D eigenvalue weighted by Crippen LogP contribution is 2.56. The van der Waals surface area contributed by atoms with Crippen molar-refractivity contribution in [3.05, 3.63) is 240 Å². The van der Waals surface area contributed by atoms with Crippen molar-refractivity contribution in [1.82, 2.24) is 0 Å². The fourth-order valence-electron chi connectivity index (χ4n) is 13.7. The van der Waals surface area contributed by atoms with E-state index >= 15 is 0 Å². The number of hydrogen-bond donors (Lipinski definition) is 0. The lowest BCUT2D eigenvalue weighted by atomic mass is 9.81.